The maximum Gasteiger partial charge on any atom is 0.306 e. The minimum Gasteiger partial charge on any atom is -0.481 e. The first-order valence-corrected chi connectivity index (χ1v) is 6.16. The van der Waals surface area contributed by atoms with Crippen LogP contribution in [0.4, 0.5) is 0 Å². The van der Waals surface area contributed by atoms with Crippen molar-refractivity contribution in [1.82, 2.24) is 0 Å². The number of carbonyl (C=O) groups is 2. The van der Waals surface area contributed by atoms with Crippen molar-refractivity contribution in [3.05, 3.63) is 35.4 Å². The van der Waals surface area contributed by atoms with E-state index in [1.165, 1.54) is 5.56 Å². The van der Waals surface area contributed by atoms with Gasteiger partial charge in [-0.05, 0) is 30.4 Å². The molecule has 2 rings (SSSR count). The van der Waals surface area contributed by atoms with E-state index in [0.29, 0.717) is 0 Å². The SMILES string of the molecule is O=C(O)CCC(=O)OC1CCCc2ccccc21. The van der Waals surface area contributed by atoms with Crippen LogP contribution in [-0.4, -0.2) is 17.0 Å². The van der Waals surface area contributed by atoms with Gasteiger partial charge in [0, 0.05) is 0 Å². The Morgan fingerprint density at radius 2 is 2.06 bits per heavy atom. The summed E-state index contributed by atoms with van der Waals surface area (Å²) >= 11 is 0. The van der Waals surface area contributed by atoms with Crippen molar-refractivity contribution in [2.75, 3.05) is 0 Å². The average Bonchev–Trinajstić information content (AvgIpc) is 2.37. The molecule has 1 aliphatic rings. The summed E-state index contributed by atoms with van der Waals surface area (Å²) in [6, 6.07) is 7.94. The number of hydrogen-bond acceptors (Lipinski definition) is 3. The van der Waals surface area contributed by atoms with E-state index in [-0.39, 0.29) is 18.9 Å². The van der Waals surface area contributed by atoms with Gasteiger partial charge in [0.1, 0.15) is 6.10 Å². The molecule has 0 bridgehead atoms. The lowest BCUT2D eigenvalue weighted by molar-refractivity contribution is -0.153. The van der Waals surface area contributed by atoms with Gasteiger partial charge >= 0.3 is 11.9 Å². The van der Waals surface area contributed by atoms with E-state index in [1.807, 2.05) is 24.3 Å². The van der Waals surface area contributed by atoms with Gasteiger partial charge in [-0.25, -0.2) is 0 Å². The lowest BCUT2D eigenvalue weighted by Crippen LogP contribution is -2.17. The third-order valence-corrected chi connectivity index (χ3v) is 3.13. The standard InChI is InChI=1S/C14H16O4/c15-13(16)8-9-14(17)18-12-7-3-5-10-4-1-2-6-11(10)12/h1-2,4,6,12H,3,5,7-9H2,(H,15,16). The quantitative estimate of drug-likeness (QED) is 0.831. The minimum atomic E-state index is -0.976. The second kappa shape index (κ2) is 5.67. The molecule has 1 aliphatic carbocycles. The van der Waals surface area contributed by atoms with Gasteiger partial charge in [-0.2, -0.15) is 0 Å². The fourth-order valence-corrected chi connectivity index (χ4v) is 2.26. The normalized spacial score (nSPS) is 17.9. The van der Waals surface area contributed by atoms with Crippen molar-refractivity contribution < 1.29 is 19.4 Å². The van der Waals surface area contributed by atoms with Crippen LogP contribution in [0.1, 0.15) is 42.9 Å². The molecule has 0 radical (unpaired) electrons. The second-order valence-electron chi connectivity index (χ2n) is 4.46. The van der Waals surface area contributed by atoms with E-state index in [1.54, 1.807) is 0 Å². The summed E-state index contributed by atoms with van der Waals surface area (Å²) < 4.78 is 5.37. The summed E-state index contributed by atoms with van der Waals surface area (Å²) in [6.07, 6.45) is 2.38. The van der Waals surface area contributed by atoms with Crippen molar-refractivity contribution >= 4 is 11.9 Å². The Hall–Kier alpha value is -1.84. The first kappa shape index (κ1) is 12.6. The lowest BCUT2D eigenvalue weighted by atomic mass is 9.89. The van der Waals surface area contributed by atoms with Crippen molar-refractivity contribution in [2.45, 2.75) is 38.2 Å². The Morgan fingerprint density at radius 3 is 2.83 bits per heavy atom. The highest BCUT2D eigenvalue weighted by atomic mass is 16.5. The van der Waals surface area contributed by atoms with Gasteiger partial charge in [-0.1, -0.05) is 24.3 Å². The number of aliphatic carboxylic acids is 1. The number of esters is 1. The maximum absolute atomic E-state index is 11.5. The van der Waals surface area contributed by atoms with Crippen LogP contribution in [0.3, 0.4) is 0 Å². The molecule has 1 N–H and O–H groups in total. The zero-order valence-corrected chi connectivity index (χ0v) is 10.1. The van der Waals surface area contributed by atoms with E-state index in [2.05, 4.69) is 0 Å². The summed E-state index contributed by atoms with van der Waals surface area (Å²) in [5.74, 6) is -1.41. The van der Waals surface area contributed by atoms with Gasteiger partial charge in [0.15, 0.2) is 0 Å². The Morgan fingerprint density at radius 1 is 1.28 bits per heavy atom. The fraction of sp³-hybridized carbons (Fsp3) is 0.429. The van der Waals surface area contributed by atoms with Gasteiger partial charge in [-0.15, -0.1) is 0 Å². The summed E-state index contributed by atoms with van der Waals surface area (Å²) in [5, 5.41) is 8.52. The van der Waals surface area contributed by atoms with Crippen molar-refractivity contribution in [1.29, 1.82) is 0 Å². The highest BCUT2D eigenvalue weighted by Gasteiger charge is 2.23. The van der Waals surface area contributed by atoms with Crippen molar-refractivity contribution in [3.63, 3.8) is 0 Å². The van der Waals surface area contributed by atoms with E-state index < -0.39 is 11.9 Å². The molecule has 96 valence electrons. The predicted molar refractivity (Wildman–Crippen MR) is 65.1 cm³/mol. The molecular formula is C14H16O4. The van der Waals surface area contributed by atoms with Gasteiger partial charge in [-0.3, -0.25) is 9.59 Å². The van der Waals surface area contributed by atoms with E-state index in [4.69, 9.17) is 9.84 Å². The smallest absolute Gasteiger partial charge is 0.306 e. The van der Waals surface area contributed by atoms with E-state index in [0.717, 1.165) is 24.8 Å². The van der Waals surface area contributed by atoms with Gasteiger partial charge in [0.25, 0.3) is 0 Å². The fourth-order valence-electron chi connectivity index (χ4n) is 2.26. The predicted octanol–water partition coefficient (Wildman–Crippen LogP) is 2.47. The van der Waals surface area contributed by atoms with Crippen LogP contribution in [0.5, 0.6) is 0 Å². The number of carbonyl (C=O) groups excluding carboxylic acids is 1. The van der Waals surface area contributed by atoms with Crippen LogP contribution in [0.2, 0.25) is 0 Å². The third-order valence-electron chi connectivity index (χ3n) is 3.13. The number of hydrogen-bond donors (Lipinski definition) is 1. The molecule has 4 heteroatoms. The minimum absolute atomic E-state index is 0.0615. The molecule has 1 aromatic carbocycles. The number of benzene rings is 1. The van der Waals surface area contributed by atoms with Crippen LogP contribution in [0, 0.1) is 0 Å². The molecule has 1 aromatic rings. The first-order chi connectivity index (χ1) is 8.66. The monoisotopic (exact) mass is 248 g/mol. The van der Waals surface area contributed by atoms with Crippen LogP contribution in [0.25, 0.3) is 0 Å². The van der Waals surface area contributed by atoms with Gasteiger partial charge in [0.05, 0.1) is 12.8 Å². The number of carboxylic acid groups (broad SMARTS) is 1. The first-order valence-electron chi connectivity index (χ1n) is 6.16. The summed E-state index contributed by atoms with van der Waals surface area (Å²) in [4.78, 5) is 21.9. The zero-order valence-electron chi connectivity index (χ0n) is 10.1. The number of fused-ring (bicyclic) bond motifs is 1. The van der Waals surface area contributed by atoms with Gasteiger partial charge < -0.3 is 9.84 Å². The Balaban J connectivity index is 1.98. The Bertz CT molecular complexity index is 453. The lowest BCUT2D eigenvalue weighted by Gasteiger charge is -2.25. The number of ether oxygens (including phenoxy) is 1. The van der Waals surface area contributed by atoms with Gasteiger partial charge in [0.2, 0.25) is 0 Å². The van der Waals surface area contributed by atoms with Crippen LogP contribution in [-0.2, 0) is 20.7 Å². The number of aryl methyl sites for hydroxylation is 1. The van der Waals surface area contributed by atoms with Crippen molar-refractivity contribution in [3.8, 4) is 0 Å². The molecule has 0 aliphatic heterocycles. The molecular weight excluding hydrogens is 232 g/mol. The molecule has 0 spiro atoms. The highest BCUT2D eigenvalue weighted by molar-refractivity contribution is 5.76. The molecule has 1 atom stereocenters. The zero-order chi connectivity index (χ0) is 13.0. The topological polar surface area (TPSA) is 63.6 Å². The molecule has 0 fully saturated rings. The molecule has 18 heavy (non-hydrogen) atoms. The number of carboxylic acids is 1. The summed E-state index contributed by atoms with van der Waals surface area (Å²) in [7, 11) is 0. The highest BCUT2D eigenvalue weighted by Crippen LogP contribution is 2.32. The molecule has 0 aromatic heterocycles. The second-order valence-corrected chi connectivity index (χ2v) is 4.46. The van der Waals surface area contributed by atoms with Crippen molar-refractivity contribution in [2.24, 2.45) is 0 Å². The Kier molecular flexibility index (Phi) is 3.97. The van der Waals surface area contributed by atoms with E-state index in [9.17, 15) is 9.59 Å². The molecule has 0 heterocycles. The average molecular weight is 248 g/mol. The largest absolute Gasteiger partial charge is 0.481 e. The molecule has 1 unspecified atom stereocenters. The molecule has 0 saturated carbocycles. The number of rotatable bonds is 4. The van der Waals surface area contributed by atoms with Crippen LogP contribution >= 0.6 is 0 Å². The maximum atomic E-state index is 11.5. The van der Waals surface area contributed by atoms with E-state index >= 15 is 0 Å². The molecule has 0 saturated heterocycles. The summed E-state index contributed by atoms with van der Waals surface area (Å²) in [6.45, 7) is 0. The third kappa shape index (κ3) is 3.09. The molecule has 0 amide bonds. The summed E-state index contributed by atoms with van der Waals surface area (Å²) in [5.41, 5.74) is 2.28. The molecule has 4 nitrogen and oxygen atoms in total. The Labute approximate surface area is 106 Å². The van der Waals surface area contributed by atoms with Crippen LogP contribution in [0.15, 0.2) is 24.3 Å². The van der Waals surface area contributed by atoms with Crippen LogP contribution < -0.4 is 0 Å².